The van der Waals surface area contributed by atoms with Crippen LogP contribution in [0.3, 0.4) is 0 Å². The Hall–Kier alpha value is -1.86. The molecule has 146 valence electrons. The fraction of sp³-hybridized carbons (Fsp3) is 0.550. The summed E-state index contributed by atoms with van der Waals surface area (Å²) in [5, 5.41) is 1.16. The molecule has 0 bridgehead atoms. The summed E-state index contributed by atoms with van der Waals surface area (Å²) < 4.78 is 6.76. The zero-order chi connectivity index (χ0) is 19.4. The number of hydrogen-bond acceptors (Lipinski definition) is 5. The fourth-order valence-corrected chi connectivity index (χ4v) is 4.65. The number of likely N-dealkylation sites (tertiary alicyclic amines) is 1. The predicted molar refractivity (Wildman–Crippen MR) is 108 cm³/mol. The molecule has 1 aliphatic rings. The molecule has 3 rings (SSSR count). The van der Waals surface area contributed by atoms with E-state index < -0.39 is 0 Å². The number of carbonyl (C=O) groups excluding carboxylic acids is 1. The first kappa shape index (κ1) is 19.9. The Bertz CT molecular complexity index is 857. The van der Waals surface area contributed by atoms with Crippen LogP contribution < -0.4 is 5.56 Å². The lowest BCUT2D eigenvalue weighted by molar-refractivity contribution is -0.130. The smallest absolute Gasteiger partial charge is 0.262 e. The number of thioether (sulfide) groups is 1. The van der Waals surface area contributed by atoms with Crippen LogP contribution in [0.25, 0.3) is 10.9 Å². The zero-order valence-electron chi connectivity index (χ0n) is 16.2. The molecule has 0 saturated carbocycles. The molecule has 27 heavy (non-hydrogen) atoms. The van der Waals surface area contributed by atoms with Gasteiger partial charge in [-0.2, -0.15) is 0 Å². The van der Waals surface area contributed by atoms with Crippen LogP contribution in [0.15, 0.2) is 34.2 Å². The summed E-state index contributed by atoms with van der Waals surface area (Å²) in [4.78, 5) is 32.1. The van der Waals surface area contributed by atoms with Crippen molar-refractivity contribution in [1.82, 2.24) is 14.5 Å². The van der Waals surface area contributed by atoms with E-state index in [1.807, 2.05) is 23.1 Å². The molecular weight excluding hydrogens is 362 g/mol. The molecule has 2 atom stereocenters. The van der Waals surface area contributed by atoms with Crippen molar-refractivity contribution in [2.75, 3.05) is 32.6 Å². The van der Waals surface area contributed by atoms with Crippen molar-refractivity contribution in [3.8, 4) is 0 Å². The van der Waals surface area contributed by atoms with Gasteiger partial charge in [0.05, 0.1) is 29.8 Å². The number of carbonyl (C=O) groups is 1. The van der Waals surface area contributed by atoms with Crippen LogP contribution in [0.1, 0.15) is 20.3 Å². The Kier molecular flexibility index (Phi) is 6.55. The average molecular weight is 390 g/mol. The van der Waals surface area contributed by atoms with Gasteiger partial charge in [-0.1, -0.05) is 37.7 Å². The Morgan fingerprint density at radius 2 is 1.96 bits per heavy atom. The molecule has 0 spiro atoms. The Morgan fingerprint density at radius 1 is 1.26 bits per heavy atom. The number of aromatic nitrogens is 2. The van der Waals surface area contributed by atoms with E-state index in [0.717, 1.165) is 13.1 Å². The minimum atomic E-state index is -0.0900. The second-order valence-electron chi connectivity index (χ2n) is 7.39. The number of hydrogen-bond donors (Lipinski definition) is 0. The summed E-state index contributed by atoms with van der Waals surface area (Å²) in [7, 11) is 1.61. The summed E-state index contributed by atoms with van der Waals surface area (Å²) in [6.07, 6.45) is 1.17. The van der Waals surface area contributed by atoms with Gasteiger partial charge in [0.2, 0.25) is 5.91 Å². The molecule has 1 saturated heterocycles. The van der Waals surface area contributed by atoms with Crippen LogP contribution in [0, 0.1) is 11.8 Å². The van der Waals surface area contributed by atoms with Gasteiger partial charge in [0, 0.05) is 20.2 Å². The molecule has 2 heterocycles. The van der Waals surface area contributed by atoms with E-state index in [1.165, 1.54) is 18.2 Å². The summed E-state index contributed by atoms with van der Waals surface area (Å²) in [5.41, 5.74) is 0.569. The van der Waals surface area contributed by atoms with Gasteiger partial charge >= 0.3 is 0 Å². The van der Waals surface area contributed by atoms with Crippen molar-refractivity contribution in [2.24, 2.45) is 11.8 Å². The van der Waals surface area contributed by atoms with E-state index in [0.29, 0.717) is 41.0 Å². The first-order valence-corrected chi connectivity index (χ1v) is 10.4. The average Bonchev–Trinajstić information content (AvgIpc) is 2.65. The Morgan fingerprint density at radius 3 is 2.67 bits per heavy atom. The summed E-state index contributed by atoms with van der Waals surface area (Å²) in [6.45, 7) is 6.84. The molecular formula is C20H27N3O3S. The maximum atomic E-state index is 12.8. The molecule has 7 heteroatoms. The first-order chi connectivity index (χ1) is 13.0. The SMILES string of the molecule is COCCn1c(SCC(=O)N2C[C@@H](C)C[C@H](C)C2)nc2ccccc2c1=O. The van der Waals surface area contributed by atoms with E-state index in [9.17, 15) is 9.59 Å². The van der Waals surface area contributed by atoms with E-state index in [-0.39, 0.29) is 17.2 Å². The maximum absolute atomic E-state index is 12.8. The van der Waals surface area contributed by atoms with Crippen LogP contribution in [0.2, 0.25) is 0 Å². The lowest BCUT2D eigenvalue weighted by atomic mass is 9.92. The van der Waals surface area contributed by atoms with Crippen molar-refractivity contribution in [2.45, 2.75) is 32.0 Å². The molecule has 6 nitrogen and oxygen atoms in total. The molecule has 2 aromatic rings. The summed E-state index contributed by atoms with van der Waals surface area (Å²) in [6, 6.07) is 7.31. The van der Waals surface area contributed by atoms with Crippen LogP contribution in [-0.2, 0) is 16.1 Å². The van der Waals surface area contributed by atoms with E-state index in [4.69, 9.17) is 4.74 Å². The number of amides is 1. The largest absolute Gasteiger partial charge is 0.383 e. The Labute approximate surface area is 163 Å². The monoisotopic (exact) mass is 389 g/mol. The molecule has 0 aliphatic carbocycles. The number of para-hydroxylation sites is 1. The van der Waals surface area contributed by atoms with Crippen molar-refractivity contribution in [3.05, 3.63) is 34.6 Å². The number of ether oxygens (including phenoxy) is 1. The highest BCUT2D eigenvalue weighted by Crippen LogP contribution is 2.23. The third-order valence-electron chi connectivity index (χ3n) is 4.89. The highest BCUT2D eigenvalue weighted by molar-refractivity contribution is 7.99. The van der Waals surface area contributed by atoms with Gasteiger partial charge in [-0.3, -0.25) is 14.2 Å². The molecule has 1 fully saturated rings. The van der Waals surface area contributed by atoms with Gasteiger partial charge in [0.1, 0.15) is 0 Å². The quantitative estimate of drug-likeness (QED) is 0.561. The van der Waals surface area contributed by atoms with Crippen LogP contribution >= 0.6 is 11.8 Å². The number of nitrogens with zero attached hydrogens (tertiary/aromatic N) is 3. The minimum Gasteiger partial charge on any atom is -0.383 e. The predicted octanol–water partition coefficient (Wildman–Crippen LogP) is 2.64. The van der Waals surface area contributed by atoms with E-state index in [2.05, 4.69) is 18.8 Å². The van der Waals surface area contributed by atoms with Crippen LogP contribution in [-0.4, -0.2) is 52.9 Å². The second kappa shape index (κ2) is 8.89. The number of piperidine rings is 1. The van der Waals surface area contributed by atoms with Gasteiger partial charge in [-0.15, -0.1) is 0 Å². The molecule has 0 unspecified atom stereocenters. The molecule has 0 N–H and O–H groups in total. The number of benzene rings is 1. The minimum absolute atomic E-state index is 0.0900. The zero-order valence-corrected chi connectivity index (χ0v) is 17.0. The first-order valence-electron chi connectivity index (χ1n) is 9.38. The van der Waals surface area contributed by atoms with Crippen molar-refractivity contribution < 1.29 is 9.53 Å². The normalized spacial score (nSPS) is 20.2. The maximum Gasteiger partial charge on any atom is 0.262 e. The molecule has 1 aromatic carbocycles. The topological polar surface area (TPSA) is 64.4 Å². The van der Waals surface area contributed by atoms with E-state index in [1.54, 1.807) is 17.7 Å². The second-order valence-corrected chi connectivity index (χ2v) is 8.34. The lowest BCUT2D eigenvalue weighted by Gasteiger charge is -2.35. The van der Waals surface area contributed by atoms with Gasteiger partial charge in [-0.25, -0.2) is 4.98 Å². The standard InChI is InChI=1S/C20H27N3O3S/c1-14-10-15(2)12-22(11-14)18(24)13-27-20-21-17-7-5-4-6-16(17)19(25)23(20)8-9-26-3/h4-7,14-15H,8-13H2,1-3H3/t14-,15-/m0/s1. The molecule has 1 aliphatic heterocycles. The van der Waals surface area contributed by atoms with Gasteiger partial charge in [0.25, 0.3) is 5.56 Å². The van der Waals surface area contributed by atoms with Gasteiger partial charge in [0.15, 0.2) is 5.16 Å². The van der Waals surface area contributed by atoms with Gasteiger partial charge in [-0.05, 0) is 30.4 Å². The van der Waals surface area contributed by atoms with Crippen molar-refractivity contribution in [3.63, 3.8) is 0 Å². The molecule has 1 amide bonds. The highest BCUT2D eigenvalue weighted by atomic mass is 32.2. The van der Waals surface area contributed by atoms with Gasteiger partial charge < -0.3 is 9.64 Å². The Balaban J connectivity index is 1.80. The third-order valence-corrected chi connectivity index (χ3v) is 5.85. The number of rotatable bonds is 6. The van der Waals surface area contributed by atoms with Crippen LogP contribution in [0.4, 0.5) is 0 Å². The van der Waals surface area contributed by atoms with Crippen molar-refractivity contribution in [1.29, 1.82) is 0 Å². The summed E-state index contributed by atoms with van der Waals surface area (Å²) >= 11 is 1.34. The van der Waals surface area contributed by atoms with E-state index >= 15 is 0 Å². The van der Waals surface area contributed by atoms with Crippen LogP contribution in [0.5, 0.6) is 0 Å². The number of methoxy groups -OCH3 is 1. The third kappa shape index (κ3) is 4.71. The summed E-state index contributed by atoms with van der Waals surface area (Å²) in [5.74, 6) is 1.46. The molecule has 0 radical (unpaired) electrons. The fourth-order valence-electron chi connectivity index (χ4n) is 3.72. The highest BCUT2D eigenvalue weighted by Gasteiger charge is 2.25. The number of fused-ring (bicyclic) bond motifs is 1. The lowest BCUT2D eigenvalue weighted by Crippen LogP contribution is -2.43. The van der Waals surface area contributed by atoms with Crippen molar-refractivity contribution >= 4 is 28.6 Å². The molecule has 1 aromatic heterocycles.